The van der Waals surface area contributed by atoms with E-state index in [1.54, 1.807) is 0 Å². The maximum atomic E-state index is 11.2. The Morgan fingerprint density at radius 1 is 1.26 bits per heavy atom. The number of likely N-dealkylation sites (N-methyl/N-ethyl adjacent to an activating group) is 1. The monoisotopic (exact) mass is 462 g/mol. The highest BCUT2D eigenvalue weighted by Crippen LogP contribution is 1.99. The van der Waals surface area contributed by atoms with Crippen LogP contribution < -0.4 is 10.6 Å². The van der Waals surface area contributed by atoms with E-state index in [-0.39, 0.29) is 35.8 Å². The lowest BCUT2D eigenvalue weighted by molar-refractivity contribution is 0.259. The molecule has 2 N–H and O–H groups in total. The first kappa shape index (κ1) is 25.2. The molecule has 8 heteroatoms. The molecule has 0 aliphatic carbocycles. The van der Waals surface area contributed by atoms with Gasteiger partial charge in [-0.1, -0.05) is 6.92 Å². The van der Waals surface area contributed by atoms with Crippen molar-refractivity contribution in [3.8, 4) is 0 Å². The molecular formula is C15H35IN4O2S. The van der Waals surface area contributed by atoms with Gasteiger partial charge >= 0.3 is 0 Å². The molecule has 0 bridgehead atoms. The fourth-order valence-electron chi connectivity index (χ4n) is 1.87. The molecule has 0 radical (unpaired) electrons. The third-order valence-electron chi connectivity index (χ3n) is 3.71. The molecule has 23 heavy (non-hydrogen) atoms. The zero-order valence-electron chi connectivity index (χ0n) is 15.4. The van der Waals surface area contributed by atoms with E-state index >= 15 is 0 Å². The van der Waals surface area contributed by atoms with Crippen LogP contribution in [0.5, 0.6) is 0 Å². The van der Waals surface area contributed by atoms with Crippen LogP contribution in [-0.2, 0) is 9.84 Å². The average Bonchev–Trinajstić information content (AvgIpc) is 2.43. The number of hydrogen-bond donors (Lipinski definition) is 2. The van der Waals surface area contributed by atoms with Crippen molar-refractivity contribution in [1.29, 1.82) is 0 Å². The Labute approximate surface area is 159 Å². The molecule has 0 aliphatic heterocycles. The number of guanidine groups is 1. The van der Waals surface area contributed by atoms with Crippen molar-refractivity contribution < 1.29 is 8.42 Å². The summed E-state index contributed by atoms with van der Waals surface area (Å²) in [5.74, 6) is 0.943. The van der Waals surface area contributed by atoms with E-state index in [0.717, 1.165) is 32.0 Å². The summed E-state index contributed by atoms with van der Waals surface area (Å²) in [5.41, 5.74) is 0. The molecule has 0 aliphatic rings. The second-order valence-corrected chi connectivity index (χ2v) is 8.22. The fraction of sp³-hybridized carbons (Fsp3) is 0.933. The van der Waals surface area contributed by atoms with Crippen LogP contribution in [0.2, 0.25) is 0 Å². The Balaban J connectivity index is 0. The smallest absolute Gasteiger partial charge is 0.191 e. The van der Waals surface area contributed by atoms with Crippen LogP contribution in [0, 0.1) is 0 Å². The molecule has 0 amide bonds. The van der Waals surface area contributed by atoms with Crippen molar-refractivity contribution in [2.45, 2.75) is 52.6 Å². The summed E-state index contributed by atoms with van der Waals surface area (Å²) in [7, 11) is -0.805. The van der Waals surface area contributed by atoms with Crippen LogP contribution in [0.1, 0.15) is 40.5 Å². The maximum absolute atomic E-state index is 11.2. The molecule has 0 heterocycles. The lowest BCUT2D eigenvalue weighted by Crippen LogP contribution is -2.43. The fourth-order valence-corrected chi connectivity index (χ4v) is 2.65. The number of sulfone groups is 1. The molecule has 0 aromatic heterocycles. The molecule has 2 unspecified atom stereocenters. The maximum Gasteiger partial charge on any atom is 0.191 e. The van der Waals surface area contributed by atoms with Crippen LogP contribution in [0.15, 0.2) is 4.99 Å². The molecule has 0 saturated carbocycles. The van der Waals surface area contributed by atoms with Crippen molar-refractivity contribution in [1.82, 2.24) is 15.5 Å². The first-order valence-corrected chi connectivity index (χ1v) is 10.2. The van der Waals surface area contributed by atoms with Crippen LogP contribution in [-0.4, -0.2) is 70.1 Å². The van der Waals surface area contributed by atoms with Crippen LogP contribution >= 0.6 is 24.0 Å². The van der Waals surface area contributed by atoms with Gasteiger partial charge in [0.1, 0.15) is 9.84 Å². The minimum atomic E-state index is -2.91. The van der Waals surface area contributed by atoms with Crippen molar-refractivity contribution in [3.63, 3.8) is 0 Å². The Kier molecular flexibility index (Phi) is 14.5. The van der Waals surface area contributed by atoms with Gasteiger partial charge in [-0.15, -0.1) is 24.0 Å². The molecule has 0 aromatic carbocycles. The Bertz CT molecular complexity index is 429. The average molecular weight is 462 g/mol. The summed E-state index contributed by atoms with van der Waals surface area (Å²) >= 11 is 0. The van der Waals surface area contributed by atoms with E-state index in [2.05, 4.69) is 41.4 Å². The molecule has 6 nitrogen and oxygen atoms in total. The van der Waals surface area contributed by atoms with Gasteiger partial charge in [0.25, 0.3) is 0 Å². The summed E-state index contributed by atoms with van der Waals surface area (Å²) in [6, 6.07) is 0.624. The van der Waals surface area contributed by atoms with E-state index in [0.29, 0.717) is 12.5 Å². The van der Waals surface area contributed by atoms with Gasteiger partial charge in [0.2, 0.25) is 0 Å². The molecule has 0 rings (SSSR count). The van der Waals surface area contributed by atoms with Gasteiger partial charge in [-0.05, 0) is 40.7 Å². The van der Waals surface area contributed by atoms with Crippen molar-refractivity contribution in [3.05, 3.63) is 0 Å². The van der Waals surface area contributed by atoms with E-state index in [1.807, 2.05) is 13.8 Å². The highest BCUT2D eigenvalue weighted by molar-refractivity contribution is 14.0. The summed E-state index contributed by atoms with van der Waals surface area (Å²) in [6.45, 7) is 10.8. The first-order valence-electron chi connectivity index (χ1n) is 8.12. The Morgan fingerprint density at radius 3 is 2.35 bits per heavy atom. The molecule has 0 fully saturated rings. The summed E-state index contributed by atoms with van der Waals surface area (Å²) < 4.78 is 22.4. The molecule has 0 spiro atoms. The van der Waals surface area contributed by atoms with Gasteiger partial charge in [0, 0.05) is 31.4 Å². The first-order chi connectivity index (χ1) is 10.2. The summed E-state index contributed by atoms with van der Waals surface area (Å²) in [5, 5.41) is 6.46. The van der Waals surface area contributed by atoms with Crippen molar-refractivity contribution in [2.75, 3.05) is 38.7 Å². The van der Waals surface area contributed by atoms with Crippen molar-refractivity contribution in [2.24, 2.45) is 4.99 Å². The lowest BCUT2D eigenvalue weighted by atomic mass is 10.2. The number of hydrogen-bond acceptors (Lipinski definition) is 4. The minimum Gasteiger partial charge on any atom is -0.357 e. The molecule has 140 valence electrons. The third-order valence-corrected chi connectivity index (χ3v) is 4.69. The molecule has 0 aromatic rings. The van der Waals surface area contributed by atoms with E-state index < -0.39 is 9.84 Å². The van der Waals surface area contributed by atoms with Crippen LogP contribution in [0.3, 0.4) is 0 Å². The van der Waals surface area contributed by atoms with Gasteiger partial charge in [-0.2, -0.15) is 0 Å². The number of rotatable bonds is 10. The van der Waals surface area contributed by atoms with Gasteiger partial charge < -0.3 is 15.5 Å². The summed E-state index contributed by atoms with van der Waals surface area (Å²) in [4.78, 5) is 6.85. The third kappa shape index (κ3) is 14.0. The Hall–Kier alpha value is -0.0900. The van der Waals surface area contributed by atoms with Gasteiger partial charge in [0.05, 0.1) is 12.3 Å². The second-order valence-electron chi connectivity index (χ2n) is 5.96. The van der Waals surface area contributed by atoms with Crippen LogP contribution in [0.4, 0.5) is 0 Å². The van der Waals surface area contributed by atoms with E-state index in [4.69, 9.17) is 0 Å². The van der Waals surface area contributed by atoms with Crippen molar-refractivity contribution >= 4 is 39.8 Å². The highest BCUT2D eigenvalue weighted by atomic mass is 127. The lowest BCUT2D eigenvalue weighted by Gasteiger charge is -2.23. The quantitative estimate of drug-likeness (QED) is 0.294. The zero-order valence-corrected chi connectivity index (χ0v) is 18.6. The Morgan fingerprint density at radius 2 is 1.87 bits per heavy atom. The van der Waals surface area contributed by atoms with E-state index in [9.17, 15) is 8.42 Å². The second kappa shape index (κ2) is 13.2. The topological polar surface area (TPSA) is 73.8 Å². The molecular weight excluding hydrogens is 427 g/mol. The SMILES string of the molecule is CCNC(=NCCN(C)C(C)CC)NC(C)CCS(C)(=O)=O.I. The minimum absolute atomic E-state index is 0. The number of aliphatic imine (C=N–C) groups is 1. The standard InChI is InChI=1S/C15H34N4O2S.HI/c1-7-14(4)19(5)11-10-17-15(16-8-2)18-13(3)9-12-22(6,20)21;/h13-14H,7-12H2,1-6H3,(H2,16,17,18);1H. The number of nitrogens with one attached hydrogen (secondary N) is 2. The highest BCUT2D eigenvalue weighted by Gasteiger charge is 2.10. The normalized spacial score (nSPS) is 15.0. The number of halogens is 1. The largest absolute Gasteiger partial charge is 0.357 e. The van der Waals surface area contributed by atoms with Crippen LogP contribution in [0.25, 0.3) is 0 Å². The number of nitrogens with zero attached hydrogens (tertiary/aromatic N) is 2. The zero-order chi connectivity index (χ0) is 17.2. The molecule has 2 atom stereocenters. The predicted octanol–water partition coefficient (Wildman–Crippen LogP) is 1.71. The predicted molar refractivity (Wildman–Crippen MR) is 111 cm³/mol. The summed E-state index contributed by atoms with van der Waals surface area (Å²) in [6.07, 6.45) is 2.97. The van der Waals surface area contributed by atoms with Gasteiger partial charge in [0.15, 0.2) is 5.96 Å². The van der Waals surface area contributed by atoms with Gasteiger partial charge in [-0.3, -0.25) is 4.99 Å². The van der Waals surface area contributed by atoms with E-state index in [1.165, 1.54) is 6.26 Å². The van der Waals surface area contributed by atoms with Gasteiger partial charge in [-0.25, -0.2) is 8.42 Å². The molecule has 0 saturated heterocycles.